The molecule has 0 bridgehead atoms. The molecule has 1 nitrogen and oxygen atoms in total. The Labute approximate surface area is 62.1 Å². The number of aliphatic hydroxyl groups is 1. The van der Waals surface area contributed by atoms with E-state index in [0.29, 0.717) is 0 Å². The SMILES string of the molecule is CC(O)CC1=CCCC=C1. The van der Waals surface area contributed by atoms with Crippen LogP contribution in [0.5, 0.6) is 0 Å². The zero-order chi connectivity index (χ0) is 7.40. The van der Waals surface area contributed by atoms with Gasteiger partial charge in [0.05, 0.1) is 6.10 Å². The summed E-state index contributed by atoms with van der Waals surface area (Å²) in [4.78, 5) is 0. The molecule has 0 aromatic heterocycles. The molecular weight excluding hydrogens is 124 g/mol. The molecule has 1 aliphatic rings. The molecule has 0 aromatic rings. The predicted octanol–water partition coefficient (Wildman–Crippen LogP) is 2.03. The highest BCUT2D eigenvalue weighted by Crippen LogP contribution is 2.14. The Bertz CT molecular complexity index is 154. The molecule has 1 atom stereocenters. The minimum Gasteiger partial charge on any atom is -0.393 e. The van der Waals surface area contributed by atoms with Crippen molar-refractivity contribution in [3.8, 4) is 0 Å². The molecule has 0 spiro atoms. The Morgan fingerprint density at radius 2 is 2.40 bits per heavy atom. The first kappa shape index (κ1) is 7.55. The van der Waals surface area contributed by atoms with E-state index in [1.807, 2.05) is 6.92 Å². The Hall–Kier alpha value is -0.560. The summed E-state index contributed by atoms with van der Waals surface area (Å²) in [6.45, 7) is 1.82. The zero-order valence-corrected chi connectivity index (χ0v) is 6.38. The van der Waals surface area contributed by atoms with Crippen LogP contribution < -0.4 is 0 Å². The molecule has 1 heteroatoms. The summed E-state index contributed by atoms with van der Waals surface area (Å²) in [6.07, 6.45) is 9.37. The Balaban J connectivity index is 2.40. The van der Waals surface area contributed by atoms with Crippen LogP contribution in [0.25, 0.3) is 0 Å². The van der Waals surface area contributed by atoms with Gasteiger partial charge in [0.25, 0.3) is 0 Å². The number of allylic oxidation sites excluding steroid dienone is 3. The number of rotatable bonds is 2. The average Bonchev–Trinajstić information content (AvgIpc) is 1.88. The minimum absolute atomic E-state index is 0.200. The molecule has 0 aromatic carbocycles. The van der Waals surface area contributed by atoms with E-state index >= 15 is 0 Å². The minimum atomic E-state index is -0.200. The molecule has 0 fully saturated rings. The third-order valence-corrected chi connectivity index (χ3v) is 1.60. The molecule has 1 rings (SSSR count). The molecule has 0 radical (unpaired) electrons. The van der Waals surface area contributed by atoms with Crippen molar-refractivity contribution in [2.24, 2.45) is 0 Å². The molecule has 0 heterocycles. The van der Waals surface area contributed by atoms with Crippen molar-refractivity contribution in [2.45, 2.75) is 32.3 Å². The Kier molecular flexibility index (Phi) is 2.69. The standard InChI is InChI=1S/C9H14O/c1-8(10)7-9-5-3-2-4-6-9/h3,5-6,8,10H,2,4,7H2,1H3. The van der Waals surface area contributed by atoms with Crippen LogP contribution in [0.15, 0.2) is 23.8 Å². The zero-order valence-electron chi connectivity index (χ0n) is 6.38. The van der Waals surface area contributed by atoms with Crippen LogP contribution in [-0.2, 0) is 0 Å². The summed E-state index contributed by atoms with van der Waals surface area (Å²) in [5.41, 5.74) is 1.28. The molecule has 0 amide bonds. The average molecular weight is 138 g/mol. The van der Waals surface area contributed by atoms with Crippen molar-refractivity contribution in [1.82, 2.24) is 0 Å². The van der Waals surface area contributed by atoms with Gasteiger partial charge in [-0.15, -0.1) is 0 Å². The lowest BCUT2D eigenvalue weighted by molar-refractivity contribution is 0.196. The highest BCUT2D eigenvalue weighted by Gasteiger charge is 2.00. The lowest BCUT2D eigenvalue weighted by Gasteiger charge is -2.07. The van der Waals surface area contributed by atoms with E-state index in [4.69, 9.17) is 5.11 Å². The van der Waals surface area contributed by atoms with Gasteiger partial charge in [0.1, 0.15) is 0 Å². The summed E-state index contributed by atoms with van der Waals surface area (Å²) in [5.74, 6) is 0. The van der Waals surface area contributed by atoms with E-state index in [9.17, 15) is 0 Å². The Morgan fingerprint density at radius 3 is 2.90 bits per heavy atom. The summed E-state index contributed by atoms with van der Waals surface area (Å²) < 4.78 is 0. The van der Waals surface area contributed by atoms with Crippen molar-refractivity contribution < 1.29 is 5.11 Å². The summed E-state index contributed by atoms with van der Waals surface area (Å²) in [7, 11) is 0. The maximum atomic E-state index is 9.03. The molecule has 0 aliphatic heterocycles. The van der Waals surface area contributed by atoms with E-state index in [2.05, 4.69) is 18.2 Å². The first-order chi connectivity index (χ1) is 4.79. The van der Waals surface area contributed by atoms with Crippen LogP contribution in [-0.4, -0.2) is 11.2 Å². The Morgan fingerprint density at radius 1 is 1.60 bits per heavy atom. The fourth-order valence-electron chi connectivity index (χ4n) is 1.16. The smallest absolute Gasteiger partial charge is 0.0552 e. The van der Waals surface area contributed by atoms with E-state index in [-0.39, 0.29) is 6.10 Å². The number of hydrogen-bond acceptors (Lipinski definition) is 1. The van der Waals surface area contributed by atoms with Crippen molar-refractivity contribution in [2.75, 3.05) is 0 Å². The van der Waals surface area contributed by atoms with Gasteiger partial charge in [-0.05, 0) is 31.8 Å². The van der Waals surface area contributed by atoms with Crippen LogP contribution >= 0.6 is 0 Å². The summed E-state index contributed by atoms with van der Waals surface area (Å²) in [6, 6.07) is 0. The van der Waals surface area contributed by atoms with Crippen LogP contribution in [0, 0.1) is 0 Å². The normalized spacial score (nSPS) is 20.4. The van der Waals surface area contributed by atoms with Gasteiger partial charge in [-0.25, -0.2) is 0 Å². The maximum absolute atomic E-state index is 9.03. The van der Waals surface area contributed by atoms with Crippen LogP contribution in [0.2, 0.25) is 0 Å². The summed E-state index contributed by atoms with van der Waals surface area (Å²) >= 11 is 0. The maximum Gasteiger partial charge on any atom is 0.0552 e. The highest BCUT2D eigenvalue weighted by molar-refractivity contribution is 5.22. The van der Waals surface area contributed by atoms with Crippen molar-refractivity contribution in [1.29, 1.82) is 0 Å². The third-order valence-electron chi connectivity index (χ3n) is 1.60. The van der Waals surface area contributed by atoms with E-state index < -0.39 is 0 Å². The predicted molar refractivity (Wildman–Crippen MR) is 42.8 cm³/mol. The fraction of sp³-hybridized carbons (Fsp3) is 0.556. The molecule has 10 heavy (non-hydrogen) atoms. The van der Waals surface area contributed by atoms with Crippen molar-refractivity contribution in [3.05, 3.63) is 23.8 Å². The summed E-state index contributed by atoms with van der Waals surface area (Å²) in [5, 5.41) is 9.03. The van der Waals surface area contributed by atoms with E-state index in [1.165, 1.54) is 5.57 Å². The molecule has 1 aliphatic carbocycles. The monoisotopic (exact) mass is 138 g/mol. The first-order valence-corrected chi connectivity index (χ1v) is 3.82. The molecule has 0 saturated carbocycles. The molecular formula is C9H14O. The van der Waals surface area contributed by atoms with Gasteiger partial charge >= 0.3 is 0 Å². The van der Waals surface area contributed by atoms with Gasteiger partial charge in [0.2, 0.25) is 0 Å². The number of aliphatic hydroxyl groups excluding tert-OH is 1. The van der Waals surface area contributed by atoms with Crippen LogP contribution in [0.1, 0.15) is 26.2 Å². The fourth-order valence-corrected chi connectivity index (χ4v) is 1.16. The van der Waals surface area contributed by atoms with Gasteiger partial charge < -0.3 is 5.11 Å². The lowest BCUT2D eigenvalue weighted by atomic mass is 10.0. The van der Waals surface area contributed by atoms with Gasteiger partial charge in [-0.1, -0.05) is 18.2 Å². The number of hydrogen-bond donors (Lipinski definition) is 1. The van der Waals surface area contributed by atoms with Gasteiger partial charge in [-0.2, -0.15) is 0 Å². The van der Waals surface area contributed by atoms with E-state index in [0.717, 1.165) is 19.3 Å². The molecule has 0 saturated heterocycles. The molecule has 1 N–H and O–H groups in total. The van der Waals surface area contributed by atoms with Gasteiger partial charge in [0.15, 0.2) is 0 Å². The van der Waals surface area contributed by atoms with Gasteiger partial charge in [-0.3, -0.25) is 0 Å². The van der Waals surface area contributed by atoms with Crippen molar-refractivity contribution in [3.63, 3.8) is 0 Å². The third kappa shape index (κ3) is 2.36. The second-order valence-electron chi connectivity index (χ2n) is 2.81. The topological polar surface area (TPSA) is 20.2 Å². The second-order valence-corrected chi connectivity index (χ2v) is 2.81. The van der Waals surface area contributed by atoms with Crippen molar-refractivity contribution >= 4 is 0 Å². The second kappa shape index (κ2) is 3.57. The van der Waals surface area contributed by atoms with Gasteiger partial charge in [0, 0.05) is 0 Å². The largest absolute Gasteiger partial charge is 0.393 e. The molecule has 1 unspecified atom stereocenters. The first-order valence-electron chi connectivity index (χ1n) is 3.82. The lowest BCUT2D eigenvalue weighted by Crippen LogP contribution is -2.00. The molecule has 56 valence electrons. The highest BCUT2D eigenvalue weighted by atomic mass is 16.3. The van der Waals surface area contributed by atoms with Crippen LogP contribution in [0.4, 0.5) is 0 Å². The van der Waals surface area contributed by atoms with Crippen LogP contribution in [0.3, 0.4) is 0 Å². The van der Waals surface area contributed by atoms with E-state index in [1.54, 1.807) is 0 Å². The quantitative estimate of drug-likeness (QED) is 0.619.